The molecule has 0 radical (unpaired) electrons. The standard InChI is InChI=1S/C17H27NO/c1-4-9-18-17(12-19-11-15-6-7-15)16-8-5-13(2)14(3)10-16/h5,8,10,15,17-18H,4,6-7,9,11-12H2,1-3H3. The molecule has 2 heteroatoms. The fraction of sp³-hybridized carbons (Fsp3) is 0.647. The third-order valence-corrected chi connectivity index (χ3v) is 3.91. The van der Waals surface area contributed by atoms with Crippen LogP contribution in [0.3, 0.4) is 0 Å². The van der Waals surface area contributed by atoms with Crippen molar-refractivity contribution in [1.82, 2.24) is 5.32 Å². The van der Waals surface area contributed by atoms with Crippen LogP contribution >= 0.6 is 0 Å². The van der Waals surface area contributed by atoms with Crippen molar-refractivity contribution in [2.75, 3.05) is 19.8 Å². The van der Waals surface area contributed by atoms with Crippen molar-refractivity contribution in [2.24, 2.45) is 5.92 Å². The Morgan fingerprint density at radius 3 is 2.68 bits per heavy atom. The molecule has 1 N–H and O–H groups in total. The summed E-state index contributed by atoms with van der Waals surface area (Å²) in [7, 11) is 0. The summed E-state index contributed by atoms with van der Waals surface area (Å²) in [6.45, 7) is 9.33. The molecule has 0 saturated heterocycles. The second-order valence-electron chi connectivity index (χ2n) is 5.83. The van der Waals surface area contributed by atoms with E-state index in [9.17, 15) is 0 Å². The predicted octanol–water partition coefficient (Wildman–Crippen LogP) is 3.77. The number of nitrogens with one attached hydrogen (secondary N) is 1. The summed E-state index contributed by atoms with van der Waals surface area (Å²) in [6, 6.07) is 7.07. The lowest BCUT2D eigenvalue weighted by Gasteiger charge is -2.20. The van der Waals surface area contributed by atoms with E-state index in [1.165, 1.54) is 29.5 Å². The minimum Gasteiger partial charge on any atom is -0.379 e. The molecular weight excluding hydrogens is 234 g/mol. The molecule has 1 aromatic carbocycles. The molecule has 0 spiro atoms. The van der Waals surface area contributed by atoms with Gasteiger partial charge in [0.05, 0.1) is 12.6 Å². The molecule has 1 aliphatic rings. The summed E-state index contributed by atoms with van der Waals surface area (Å²) >= 11 is 0. The fourth-order valence-corrected chi connectivity index (χ4v) is 2.21. The quantitative estimate of drug-likeness (QED) is 0.769. The molecule has 0 aliphatic heterocycles. The summed E-state index contributed by atoms with van der Waals surface area (Å²) < 4.78 is 5.88. The first kappa shape index (κ1) is 14.5. The second-order valence-corrected chi connectivity index (χ2v) is 5.83. The lowest BCUT2D eigenvalue weighted by molar-refractivity contribution is 0.103. The van der Waals surface area contributed by atoms with Gasteiger partial charge < -0.3 is 10.1 Å². The zero-order chi connectivity index (χ0) is 13.7. The van der Waals surface area contributed by atoms with Gasteiger partial charge in [-0.2, -0.15) is 0 Å². The van der Waals surface area contributed by atoms with Crippen molar-refractivity contribution < 1.29 is 4.74 Å². The molecule has 1 fully saturated rings. The van der Waals surface area contributed by atoms with Gasteiger partial charge in [0, 0.05) is 6.61 Å². The highest BCUT2D eigenvalue weighted by molar-refractivity contribution is 5.31. The van der Waals surface area contributed by atoms with Gasteiger partial charge in [0.2, 0.25) is 0 Å². The molecule has 2 nitrogen and oxygen atoms in total. The highest BCUT2D eigenvalue weighted by atomic mass is 16.5. The van der Waals surface area contributed by atoms with Crippen LogP contribution in [0.2, 0.25) is 0 Å². The van der Waals surface area contributed by atoms with Gasteiger partial charge in [0.1, 0.15) is 0 Å². The highest BCUT2D eigenvalue weighted by Crippen LogP contribution is 2.29. The normalized spacial score (nSPS) is 16.6. The molecule has 1 atom stereocenters. The Kier molecular flexibility index (Phi) is 5.41. The van der Waals surface area contributed by atoms with Crippen LogP contribution in [0.15, 0.2) is 18.2 Å². The topological polar surface area (TPSA) is 21.3 Å². The van der Waals surface area contributed by atoms with Gasteiger partial charge in [-0.05, 0) is 62.3 Å². The van der Waals surface area contributed by atoms with Crippen molar-refractivity contribution in [2.45, 2.75) is 46.1 Å². The van der Waals surface area contributed by atoms with Gasteiger partial charge >= 0.3 is 0 Å². The van der Waals surface area contributed by atoms with E-state index in [4.69, 9.17) is 4.74 Å². The van der Waals surface area contributed by atoms with E-state index in [1.807, 2.05) is 0 Å². The summed E-state index contributed by atoms with van der Waals surface area (Å²) in [5.41, 5.74) is 4.08. The molecule has 1 unspecified atom stereocenters. The maximum atomic E-state index is 5.88. The van der Waals surface area contributed by atoms with Crippen LogP contribution < -0.4 is 5.32 Å². The molecule has 19 heavy (non-hydrogen) atoms. The van der Waals surface area contributed by atoms with Gasteiger partial charge in [-0.1, -0.05) is 25.1 Å². The third kappa shape index (κ3) is 4.63. The molecule has 106 valence electrons. The van der Waals surface area contributed by atoms with Crippen LogP contribution in [0.1, 0.15) is 48.9 Å². The largest absolute Gasteiger partial charge is 0.379 e. The highest BCUT2D eigenvalue weighted by Gasteiger charge is 2.22. The summed E-state index contributed by atoms with van der Waals surface area (Å²) in [4.78, 5) is 0. The number of rotatable bonds is 8. The van der Waals surface area contributed by atoms with E-state index >= 15 is 0 Å². The molecule has 1 aromatic rings. The predicted molar refractivity (Wildman–Crippen MR) is 80.5 cm³/mol. The van der Waals surface area contributed by atoms with Gasteiger partial charge in [-0.3, -0.25) is 0 Å². The van der Waals surface area contributed by atoms with Crippen LogP contribution in [-0.4, -0.2) is 19.8 Å². The first-order chi connectivity index (χ1) is 9.20. The Labute approximate surface area is 117 Å². The minimum atomic E-state index is 0.331. The van der Waals surface area contributed by atoms with Crippen LogP contribution in [0.25, 0.3) is 0 Å². The Morgan fingerprint density at radius 1 is 1.26 bits per heavy atom. The third-order valence-electron chi connectivity index (χ3n) is 3.91. The molecule has 1 saturated carbocycles. The summed E-state index contributed by atoms with van der Waals surface area (Å²) in [5.74, 6) is 0.839. The molecule has 0 heterocycles. The van der Waals surface area contributed by atoms with Crippen LogP contribution in [0.5, 0.6) is 0 Å². The minimum absolute atomic E-state index is 0.331. The first-order valence-electron chi connectivity index (χ1n) is 7.59. The number of hydrogen-bond acceptors (Lipinski definition) is 2. The Morgan fingerprint density at radius 2 is 2.05 bits per heavy atom. The van der Waals surface area contributed by atoms with Crippen molar-refractivity contribution >= 4 is 0 Å². The Balaban J connectivity index is 1.94. The maximum Gasteiger partial charge on any atom is 0.0661 e. The summed E-state index contributed by atoms with van der Waals surface area (Å²) in [6.07, 6.45) is 3.87. The molecule has 0 bridgehead atoms. The monoisotopic (exact) mass is 261 g/mol. The summed E-state index contributed by atoms with van der Waals surface area (Å²) in [5, 5.41) is 3.60. The van der Waals surface area contributed by atoms with Crippen molar-refractivity contribution in [3.05, 3.63) is 34.9 Å². The lowest BCUT2D eigenvalue weighted by Crippen LogP contribution is -2.26. The number of benzene rings is 1. The fourth-order valence-electron chi connectivity index (χ4n) is 2.21. The Hall–Kier alpha value is -0.860. The maximum absolute atomic E-state index is 5.88. The SMILES string of the molecule is CCCNC(COCC1CC1)c1ccc(C)c(C)c1. The van der Waals surface area contributed by atoms with Crippen LogP contribution in [0.4, 0.5) is 0 Å². The molecule has 0 amide bonds. The molecule has 2 rings (SSSR count). The van der Waals surface area contributed by atoms with E-state index in [0.29, 0.717) is 6.04 Å². The number of aryl methyl sites for hydroxylation is 2. The van der Waals surface area contributed by atoms with Crippen LogP contribution in [-0.2, 0) is 4.74 Å². The van der Waals surface area contributed by atoms with E-state index in [2.05, 4.69) is 44.3 Å². The number of ether oxygens (including phenoxy) is 1. The molecule has 1 aliphatic carbocycles. The average molecular weight is 261 g/mol. The molecule has 0 aromatic heterocycles. The van der Waals surface area contributed by atoms with Crippen LogP contribution in [0, 0.1) is 19.8 Å². The van der Waals surface area contributed by atoms with Gasteiger partial charge in [-0.25, -0.2) is 0 Å². The van der Waals surface area contributed by atoms with Crippen molar-refractivity contribution in [3.63, 3.8) is 0 Å². The van der Waals surface area contributed by atoms with Crippen molar-refractivity contribution in [1.29, 1.82) is 0 Å². The zero-order valence-electron chi connectivity index (χ0n) is 12.5. The van der Waals surface area contributed by atoms with Crippen molar-refractivity contribution in [3.8, 4) is 0 Å². The van der Waals surface area contributed by atoms with E-state index in [-0.39, 0.29) is 0 Å². The van der Waals surface area contributed by atoms with E-state index in [1.54, 1.807) is 0 Å². The van der Waals surface area contributed by atoms with Gasteiger partial charge in [0.15, 0.2) is 0 Å². The smallest absolute Gasteiger partial charge is 0.0661 e. The zero-order valence-corrected chi connectivity index (χ0v) is 12.5. The number of hydrogen-bond donors (Lipinski definition) is 1. The second kappa shape index (κ2) is 7.06. The lowest BCUT2D eigenvalue weighted by atomic mass is 10.0. The average Bonchev–Trinajstić information content (AvgIpc) is 3.21. The van der Waals surface area contributed by atoms with Gasteiger partial charge in [-0.15, -0.1) is 0 Å². The van der Waals surface area contributed by atoms with Gasteiger partial charge in [0.25, 0.3) is 0 Å². The molecular formula is C17H27NO. The Bertz CT molecular complexity index is 398. The first-order valence-corrected chi connectivity index (χ1v) is 7.59. The van der Waals surface area contributed by atoms with E-state index < -0.39 is 0 Å². The van der Waals surface area contributed by atoms with E-state index in [0.717, 1.165) is 32.1 Å².